The van der Waals surface area contributed by atoms with Crippen molar-refractivity contribution < 1.29 is 23.8 Å². The maximum atomic E-state index is 12.2. The average Bonchev–Trinajstić information content (AvgIpc) is 2.66. The molecule has 0 unspecified atom stereocenters. The van der Waals surface area contributed by atoms with Gasteiger partial charge in [-0.05, 0) is 42.3 Å². The Morgan fingerprint density at radius 3 is 2.42 bits per heavy atom. The zero-order valence-corrected chi connectivity index (χ0v) is 15.2. The number of nitrogens with one attached hydrogen (secondary N) is 1. The lowest BCUT2D eigenvalue weighted by Crippen LogP contribution is -2.35. The molecule has 1 atom stereocenters. The summed E-state index contributed by atoms with van der Waals surface area (Å²) < 4.78 is 15.4. The smallest absolute Gasteiger partial charge is 0.338 e. The number of esters is 1. The number of amides is 1. The van der Waals surface area contributed by atoms with Crippen molar-refractivity contribution in [2.75, 3.05) is 14.2 Å². The number of hydrogen-bond acceptors (Lipinski definition) is 5. The maximum Gasteiger partial charge on any atom is 0.338 e. The zero-order chi connectivity index (χ0) is 18.9. The van der Waals surface area contributed by atoms with E-state index < -0.39 is 12.1 Å². The van der Waals surface area contributed by atoms with E-state index in [9.17, 15) is 9.59 Å². The maximum absolute atomic E-state index is 12.2. The summed E-state index contributed by atoms with van der Waals surface area (Å²) in [7, 11) is 3.18. The summed E-state index contributed by atoms with van der Waals surface area (Å²) in [6.07, 6.45) is -0.896. The number of carbonyl (C=O) groups is 2. The summed E-state index contributed by atoms with van der Waals surface area (Å²) >= 11 is 0. The molecular weight excluding hydrogens is 334 g/mol. The fourth-order valence-electron chi connectivity index (χ4n) is 2.31. The van der Waals surface area contributed by atoms with Crippen molar-refractivity contribution in [3.63, 3.8) is 0 Å². The van der Waals surface area contributed by atoms with Gasteiger partial charge in [0.05, 0.1) is 19.3 Å². The van der Waals surface area contributed by atoms with Gasteiger partial charge in [0.25, 0.3) is 5.91 Å². The Labute approximate surface area is 153 Å². The van der Waals surface area contributed by atoms with Gasteiger partial charge < -0.3 is 19.5 Å². The van der Waals surface area contributed by atoms with E-state index in [1.54, 1.807) is 39.3 Å². The molecular formula is C20H23NO5. The van der Waals surface area contributed by atoms with Crippen molar-refractivity contribution in [1.82, 2.24) is 5.32 Å². The van der Waals surface area contributed by atoms with Crippen LogP contribution in [0.15, 0.2) is 48.5 Å². The van der Waals surface area contributed by atoms with Crippen LogP contribution in [-0.4, -0.2) is 32.2 Å². The molecule has 0 bridgehead atoms. The zero-order valence-electron chi connectivity index (χ0n) is 15.2. The highest BCUT2D eigenvalue weighted by Gasteiger charge is 2.18. The number of carbonyl (C=O) groups excluding carboxylic acids is 2. The number of methoxy groups -OCH3 is 2. The highest BCUT2D eigenvalue weighted by atomic mass is 16.5. The molecule has 0 fully saturated rings. The molecule has 0 saturated heterocycles. The molecule has 1 N–H and O–H groups in total. The highest BCUT2D eigenvalue weighted by molar-refractivity contribution is 5.92. The Morgan fingerprint density at radius 2 is 1.77 bits per heavy atom. The Hall–Kier alpha value is -2.86. The van der Waals surface area contributed by atoms with Gasteiger partial charge in [0.2, 0.25) is 0 Å². The molecule has 2 aromatic carbocycles. The van der Waals surface area contributed by atoms with Crippen LogP contribution >= 0.6 is 0 Å². The lowest BCUT2D eigenvalue weighted by atomic mass is 10.1. The first kappa shape index (κ1) is 19.5. The lowest BCUT2D eigenvalue weighted by Gasteiger charge is -2.14. The molecule has 0 saturated carbocycles. The van der Waals surface area contributed by atoms with Crippen molar-refractivity contribution in [2.45, 2.75) is 26.2 Å². The van der Waals surface area contributed by atoms with E-state index in [1.807, 2.05) is 30.3 Å². The second kappa shape index (κ2) is 9.58. The molecule has 0 aromatic heterocycles. The van der Waals surface area contributed by atoms with Crippen LogP contribution in [0, 0.1) is 0 Å². The average molecular weight is 357 g/mol. The minimum atomic E-state index is -0.896. The first-order valence-electron chi connectivity index (χ1n) is 8.23. The van der Waals surface area contributed by atoms with Gasteiger partial charge in [-0.1, -0.05) is 24.3 Å². The normalized spacial score (nSPS) is 11.5. The summed E-state index contributed by atoms with van der Waals surface area (Å²) in [6.45, 7) is 2.29. The minimum Gasteiger partial charge on any atom is -0.497 e. The van der Waals surface area contributed by atoms with Gasteiger partial charge in [-0.15, -0.1) is 0 Å². The third kappa shape index (κ3) is 5.60. The van der Waals surface area contributed by atoms with Gasteiger partial charge in [0.1, 0.15) is 5.75 Å². The Bertz CT molecular complexity index is 742. The molecule has 0 spiro atoms. The van der Waals surface area contributed by atoms with E-state index in [4.69, 9.17) is 14.2 Å². The summed E-state index contributed by atoms with van der Waals surface area (Å²) in [5, 5.41) is 2.75. The van der Waals surface area contributed by atoms with Gasteiger partial charge in [0.15, 0.2) is 6.10 Å². The summed E-state index contributed by atoms with van der Waals surface area (Å²) in [5.41, 5.74) is 2.16. The molecule has 2 rings (SSSR count). The van der Waals surface area contributed by atoms with E-state index in [1.165, 1.54) is 0 Å². The van der Waals surface area contributed by atoms with Crippen molar-refractivity contribution >= 4 is 11.9 Å². The highest BCUT2D eigenvalue weighted by Crippen LogP contribution is 2.12. The first-order valence-corrected chi connectivity index (χ1v) is 8.23. The third-order valence-electron chi connectivity index (χ3n) is 3.75. The van der Waals surface area contributed by atoms with E-state index in [2.05, 4.69) is 5.32 Å². The predicted octanol–water partition coefficient (Wildman–Crippen LogP) is 2.70. The molecule has 0 aliphatic rings. The van der Waals surface area contributed by atoms with E-state index in [0.29, 0.717) is 18.7 Å². The van der Waals surface area contributed by atoms with Crippen molar-refractivity contribution in [1.29, 1.82) is 0 Å². The fraction of sp³-hybridized carbons (Fsp3) is 0.300. The van der Waals surface area contributed by atoms with Gasteiger partial charge in [-0.2, -0.15) is 0 Å². The quantitative estimate of drug-likeness (QED) is 0.736. The van der Waals surface area contributed by atoms with Crippen LogP contribution in [0.4, 0.5) is 0 Å². The van der Waals surface area contributed by atoms with Crippen molar-refractivity contribution in [2.24, 2.45) is 0 Å². The Morgan fingerprint density at radius 1 is 1.04 bits per heavy atom. The lowest BCUT2D eigenvalue weighted by molar-refractivity contribution is -0.129. The largest absolute Gasteiger partial charge is 0.497 e. The molecule has 2 aromatic rings. The molecule has 0 heterocycles. The van der Waals surface area contributed by atoms with Crippen LogP contribution < -0.4 is 10.1 Å². The van der Waals surface area contributed by atoms with Crippen molar-refractivity contribution in [3.05, 3.63) is 65.2 Å². The standard InChI is InChI=1S/C20H23NO5/c1-14(19(22)21-12-15-7-9-18(25-3)10-8-15)26-20(23)17-6-4-5-16(11-17)13-24-2/h4-11,14H,12-13H2,1-3H3,(H,21,22)/t14-/m0/s1. The van der Waals surface area contributed by atoms with Crippen LogP contribution in [0.25, 0.3) is 0 Å². The molecule has 0 radical (unpaired) electrons. The van der Waals surface area contributed by atoms with Gasteiger partial charge >= 0.3 is 5.97 Å². The Balaban J connectivity index is 1.87. The monoisotopic (exact) mass is 357 g/mol. The molecule has 6 nitrogen and oxygen atoms in total. The van der Waals surface area contributed by atoms with E-state index >= 15 is 0 Å². The summed E-state index contributed by atoms with van der Waals surface area (Å²) in [5.74, 6) is -0.157. The summed E-state index contributed by atoms with van der Waals surface area (Å²) in [6, 6.07) is 14.3. The molecule has 6 heteroatoms. The number of benzene rings is 2. The number of ether oxygens (including phenoxy) is 3. The number of hydrogen-bond donors (Lipinski definition) is 1. The third-order valence-corrected chi connectivity index (χ3v) is 3.75. The van der Waals surface area contributed by atoms with Crippen molar-refractivity contribution in [3.8, 4) is 5.75 Å². The fourth-order valence-corrected chi connectivity index (χ4v) is 2.31. The van der Waals surface area contributed by atoms with E-state index in [-0.39, 0.29) is 5.91 Å². The topological polar surface area (TPSA) is 73.9 Å². The SMILES string of the molecule is COCc1cccc(C(=O)O[C@@H](C)C(=O)NCc2ccc(OC)cc2)c1. The Kier molecular flexibility index (Phi) is 7.17. The first-order chi connectivity index (χ1) is 12.5. The van der Waals surface area contributed by atoms with Crippen LogP contribution in [0.3, 0.4) is 0 Å². The van der Waals surface area contributed by atoms with Crippen LogP contribution in [0.5, 0.6) is 5.75 Å². The van der Waals surface area contributed by atoms with Crippen LogP contribution in [0.2, 0.25) is 0 Å². The van der Waals surface area contributed by atoms with E-state index in [0.717, 1.165) is 16.9 Å². The second-order valence-corrected chi connectivity index (χ2v) is 5.75. The molecule has 0 aliphatic heterocycles. The van der Waals surface area contributed by atoms with Gasteiger partial charge in [-0.3, -0.25) is 4.79 Å². The molecule has 138 valence electrons. The second-order valence-electron chi connectivity index (χ2n) is 5.75. The molecule has 26 heavy (non-hydrogen) atoms. The molecule has 0 aliphatic carbocycles. The van der Waals surface area contributed by atoms with Crippen LogP contribution in [0.1, 0.15) is 28.4 Å². The minimum absolute atomic E-state index is 0.341. The number of rotatable bonds is 8. The van der Waals surface area contributed by atoms with Gasteiger partial charge in [0, 0.05) is 13.7 Å². The predicted molar refractivity (Wildman–Crippen MR) is 96.9 cm³/mol. The van der Waals surface area contributed by atoms with Crippen LogP contribution in [-0.2, 0) is 27.4 Å². The summed E-state index contributed by atoms with van der Waals surface area (Å²) in [4.78, 5) is 24.3. The molecule has 1 amide bonds. The van der Waals surface area contributed by atoms with Gasteiger partial charge in [-0.25, -0.2) is 4.79 Å².